The van der Waals surface area contributed by atoms with Gasteiger partial charge in [-0.1, -0.05) is 23.7 Å². The van der Waals surface area contributed by atoms with Gasteiger partial charge in [-0.25, -0.2) is 17.2 Å². The Morgan fingerprint density at radius 1 is 1.06 bits per heavy atom. The predicted octanol–water partition coefficient (Wildman–Crippen LogP) is 3.93. The highest BCUT2D eigenvalue weighted by molar-refractivity contribution is 7.92. The Morgan fingerprint density at radius 2 is 1.72 bits per heavy atom. The molecule has 0 atom stereocenters. The first-order valence-electron chi connectivity index (χ1n) is 9.43. The number of carbonyl (C=O) groups is 1. The van der Waals surface area contributed by atoms with Gasteiger partial charge < -0.3 is 11.1 Å². The van der Waals surface area contributed by atoms with Crippen LogP contribution in [-0.4, -0.2) is 27.9 Å². The molecule has 0 unspecified atom stereocenters. The molecule has 0 radical (unpaired) electrons. The molecule has 3 rings (SSSR count). The minimum Gasteiger partial charge on any atom is -0.388 e. The predicted molar refractivity (Wildman–Crippen MR) is 120 cm³/mol. The average molecular weight is 480 g/mol. The summed E-state index contributed by atoms with van der Waals surface area (Å²) in [6.07, 6.45) is -0.296. The van der Waals surface area contributed by atoms with E-state index in [-0.39, 0.29) is 33.2 Å². The van der Waals surface area contributed by atoms with Crippen molar-refractivity contribution in [3.63, 3.8) is 0 Å². The van der Waals surface area contributed by atoms with Crippen LogP contribution < -0.4 is 15.4 Å². The second-order valence-electron chi connectivity index (χ2n) is 6.91. The Kier molecular flexibility index (Phi) is 7.00. The Labute approximate surface area is 189 Å². The summed E-state index contributed by atoms with van der Waals surface area (Å²) in [7, 11) is -2.64. The van der Waals surface area contributed by atoms with Gasteiger partial charge >= 0.3 is 0 Å². The van der Waals surface area contributed by atoms with E-state index in [4.69, 9.17) is 17.3 Å². The van der Waals surface area contributed by atoms with Crippen LogP contribution in [0, 0.1) is 11.6 Å². The highest BCUT2D eigenvalue weighted by atomic mass is 35.5. The fourth-order valence-electron chi connectivity index (χ4n) is 3.21. The molecule has 32 heavy (non-hydrogen) atoms. The minimum atomic E-state index is -4.27. The van der Waals surface area contributed by atoms with Gasteiger partial charge in [0, 0.05) is 29.7 Å². The number of primary amides is 1. The zero-order chi connectivity index (χ0) is 23.5. The largest absolute Gasteiger partial charge is 0.388 e. The van der Waals surface area contributed by atoms with Gasteiger partial charge in [0.05, 0.1) is 10.6 Å². The molecule has 0 aliphatic rings. The number of carbonyl (C=O) groups excluding carboxylic acids is 1. The summed E-state index contributed by atoms with van der Waals surface area (Å²) in [4.78, 5) is 11.7. The lowest BCUT2D eigenvalue weighted by atomic mass is 10.0. The molecular formula is C22H20ClF2N3O3S. The van der Waals surface area contributed by atoms with Crippen molar-refractivity contribution in [2.24, 2.45) is 5.73 Å². The molecule has 0 heterocycles. The number of rotatable bonds is 8. The van der Waals surface area contributed by atoms with Crippen LogP contribution in [0.15, 0.2) is 65.6 Å². The quantitative estimate of drug-likeness (QED) is 0.512. The lowest BCUT2D eigenvalue weighted by molar-refractivity contribution is -0.116. The Balaban J connectivity index is 2.17. The van der Waals surface area contributed by atoms with Crippen molar-refractivity contribution < 1.29 is 22.0 Å². The average Bonchev–Trinajstić information content (AvgIpc) is 2.75. The third-order valence-corrected chi connectivity index (χ3v) is 6.74. The van der Waals surface area contributed by atoms with Gasteiger partial charge in [-0.3, -0.25) is 9.10 Å². The smallest absolute Gasteiger partial charge is 0.264 e. The van der Waals surface area contributed by atoms with Crippen LogP contribution in [0.4, 0.5) is 20.2 Å². The number of hydrogen-bond donors (Lipinski definition) is 2. The lowest BCUT2D eigenvalue weighted by Crippen LogP contribution is -2.39. The van der Waals surface area contributed by atoms with E-state index >= 15 is 0 Å². The molecule has 3 aromatic rings. The van der Waals surface area contributed by atoms with E-state index in [1.807, 2.05) is 0 Å². The molecule has 0 saturated carbocycles. The van der Waals surface area contributed by atoms with Gasteiger partial charge in [-0.05, 0) is 54.1 Å². The first kappa shape index (κ1) is 23.5. The molecule has 0 bridgehead atoms. The van der Waals surface area contributed by atoms with Crippen LogP contribution in [-0.2, 0) is 21.2 Å². The SMILES string of the molecule is CNc1cccc(S(=O)(=O)N(CC(N)=O)c2ccc(Cl)cc2Cc2c(F)cccc2F)c1. The minimum absolute atomic E-state index is 0.0331. The maximum Gasteiger partial charge on any atom is 0.264 e. The zero-order valence-corrected chi connectivity index (χ0v) is 18.6. The van der Waals surface area contributed by atoms with E-state index < -0.39 is 34.1 Å². The number of anilines is 2. The van der Waals surface area contributed by atoms with E-state index in [1.54, 1.807) is 19.2 Å². The van der Waals surface area contributed by atoms with Crippen molar-refractivity contribution in [3.8, 4) is 0 Å². The van der Waals surface area contributed by atoms with Crippen LogP contribution >= 0.6 is 11.6 Å². The second-order valence-corrected chi connectivity index (χ2v) is 9.20. The molecule has 0 spiro atoms. The van der Waals surface area contributed by atoms with Gasteiger partial charge in [0.15, 0.2) is 0 Å². The van der Waals surface area contributed by atoms with Crippen molar-refractivity contribution in [1.82, 2.24) is 0 Å². The maximum atomic E-state index is 14.3. The number of amides is 1. The van der Waals surface area contributed by atoms with Crippen LogP contribution in [0.25, 0.3) is 0 Å². The Morgan fingerprint density at radius 3 is 2.34 bits per heavy atom. The van der Waals surface area contributed by atoms with Crippen molar-refractivity contribution in [1.29, 1.82) is 0 Å². The van der Waals surface area contributed by atoms with E-state index in [2.05, 4.69) is 5.32 Å². The molecule has 0 aromatic heterocycles. The first-order valence-corrected chi connectivity index (χ1v) is 11.3. The van der Waals surface area contributed by atoms with Gasteiger partial charge in [-0.15, -0.1) is 0 Å². The normalized spacial score (nSPS) is 11.2. The van der Waals surface area contributed by atoms with Crippen LogP contribution in [0.3, 0.4) is 0 Å². The van der Waals surface area contributed by atoms with E-state index in [0.717, 1.165) is 16.4 Å². The third kappa shape index (κ3) is 5.00. The van der Waals surface area contributed by atoms with Crippen molar-refractivity contribution >= 4 is 38.9 Å². The zero-order valence-electron chi connectivity index (χ0n) is 17.0. The van der Waals surface area contributed by atoms with Gasteiger partial charge in [0.1, 0.15) is 18.2 Å². The Bertz CT molecular complexity index is 1250. The van der Waals surface area contributed by atoms with Crippen molar-refractivity contribution in [2.45, 2.75) is 11.3 Å². The third-order valence-electron chi connectivity index (χ3n) is 4.75. The summed E-state index contributed by atoms with van der Waals surface area (Å²) in [5.41, 5.74) is 5.85. The molecule has 0 saturated heterocycles. The number of nitrogens with one attached hydrogen (secondary N) is 1. The standard InChI is InChI=1S/C22H20ClF2N3O3S/c1-27-16-4-2-5-17(12-16)32(30,31)28(13-22(26)29)21-9-8-15(23)10-14(21)11-18-19(24)6-3-7-20(18)25/h2-10,12,27H,11,13H2,1H3,(H2,26,29). The van der Waals surface area contributed by atoms with E-state index in [0.29, 0.717) is 5.69 Å². The monoisotopic (exact) mass is 479 g/mol. The van der Waals surface area contributed by atoms with Crippen molar-refractivity contribution in [3.05, 3.63) is 88.4 Å². The van der Waals surface area contributed by atoms with E-state index in [1.165, 1.54) is 36.4 Å². The number of nitrogens with zero attached hydrogens (tertiary/aromatic N) is 1. The number of sulfonamides is 1. The number of benzene rings is 3. The molecule has 0 aliphatic heterocycles. The van der Waals surface area contributed by atoms with Crippen LogP contribution in [0.2, 0.25) is 5.02 Å². The molecule has 0 fully saturated rings. The highest BCUT2D eigenvalue weighted by Gasteiger charge is 2.29. The number of nitrogens with two attached hydrogens (primary N) is 1. The van der Waals surface area contributed by atoms with Gasteiger partial charge in [0.25, 0.3) is 10.0 Å². The molecule has 3 N–H and O–H groups in total. The second kappa shape index (κ2) is 9.54. The van der Waals surface area contributed by atoms with Gasteiger partial charge in [-0.2, -0.15) is 0 Å². The Hall–Kier alpha value is -3.17. The van der Waals surface area contributed by atoms with Crippen LogP contribution in [0.1, 0.15) is 11.1 Å². The topological polar surface area (TPSA) is 92.5 Å². The molecule has 6 nitrogen and oxygen atoms in total. The summed E-state index contributed by atoms with van der Waals surface area (Å²) in [6.45, 7) is -0.680. The molecular weight excluding hydrogens is 460 g/mol. The summed E-state index contributed by atoms with van der Waals surface area (Å²) < 4.78 is 56.3. The van der Waals surface area contributed by atoms with E-state index in [9.17, 15) is 22.0 Å². The molecule has 168 valence electrons. The summed E-state index contributed by atoms with van der Waals surface area (Å²) in [5.74, 6) is -2.49. The number of hydrogen-bond acceptors (Lipinski definition) is 4. The maximum absolute atomic E-state index is 14.3. The highest BCUT2D eigenvalue weighted by Crippen LogP contribution is 2.32. The fraction of sp³-hybridized carbons (Fsp3) is 0.136. The summed E-state index contributed by atoms with van der Waals surface area (Å²) in [6, 6.07) is 13.6. The number of halogens is 3. The lowest BCUT2D eigenvalue weighted by Gasteiger charge is -2.26. The van der Waals surface area contributed by atoms with Gasteiger partial charge in [0.2, 0.25) is 5.91 Å². The first-order chi connectivity index (χ1) is 15.1. The summed E-state index contributed by atoms with van der Waals surface area (Å²) >= 11 is 6.09. The molecule has 1 amide bonds. The fourth-order valence-corrected chi connectivity index (χ4v) is 4.92. The molecule has 0 aliphatic carbocycles. The molecule has 10 heteroatoms. The van der Waals surface area contributed by atoms with Crippen LogP contribution in [0.5, 0.6) is 0 Å². The van der Waals surface area contributed by atoms with Crippen molar-refractivity contribution in [2.75, 3.05) is 23.2 Å². The molecule has 3 aromatic carbocycles. The summed E-state index contributed by atoms with van der Waals surface area (Å²) in [5, 5.41) is 3.08.